The van der Waals surface area contributed by atoms with E-state index in [1.165, 1.54) is 32.2 Å². The van der Waals surface area contributed by atoms with Crippen LogP contribution in [0.1, 0.15) is 53.4 Å². The zero-order valence-corrected chi connectivity index (χ0v) is 11.3. The van der Waals surface area contributed by atoms with Crippen molar-refractivity contribution in [3.63, 3.8) is 0 Å². The highest BCUT2D eigenvalue weighted by atomic mass is 16.5. The standard InChI is InChI=1S/C11H23NO.C2H6/c1-4-7-11(10-13-5-2)8-6-9-12(11)3;1-2/h4-10H2,1-3H3;1-2H3. The maximum absolute atomic E-state index is 5.60. The smallest absolute Gasteiger partial charge is 0.0650 e. The third kappa shape index (κ3) is 4.12. The van der Waals surface area contributed by atoms with Crippen LogP contribution in [0.25, 0.3) is 0 Å². The minimum absolute atomic E-state index is 0.366. The summed E-state index contributed by atoms with van der Waals surface area (Å²) in [6.07, 6.45) is 5.20. The molecule has 0 N–H and O–H groups in total. The molecule has 0 saturated carbocycles. The molecule has 1 aliphatic rings. The van der Waals surface area contributed by atoms with E-state index in [1.807, 2.05) is 13.8 Å². The summed E-state index contributed by atoms with van der Waals surface area (Å²) >= 11 is 0. The van der Waals surface area contributed by atoms with E-state index < -0.39 is 0 Å². The van der Waals surface area contributed by atoms with Gasteiger partial charge in [0.05, 0.1) is 6.61 Å². The molecule has 1 aliphatic heterocycles. The van der Waals surface area contributed by atoms with Crippen molar-refractivity contribution in [1.29, 1.82) is 0 Å². The fourth-order valence-corrected chi connectivity index (χ4v) is 2.40. The van der Waals surface area contributed by atoms with Gasteiger partial charge in [0.25, 0.3) is 0 Å². The van der Waals surface area contributed by atoms with Crippen LogP contribution in [-0.2, 0) is 4.74 Å². The largest absolute Gasteiger partial charge is 0.380 e. The summed E-state index contributed by atoms with van der Waals surface area (Å²) in [6.45, 7) is 11.4. The van der Waals surface area contributed by atoms with E-state index in [-0.39, 0.29) is 0 Å². The van der Waals surface area contributed by atoms with Gasteiger partial charge in [-0.25, -0.2) is 0 Å². The van der Waals surface area contributed by atoms with Gasteiger partial charge in [0, 0.05) is 12.1 Å². The third-order valence-electron chi connectivity index (χ3n) is 3.24. The maximum atomic E-state index is 5.60. The number of hydrogen-bond donors (Lipinski definition) is 0. The molecule has 0 aromatic heterocycles. The lowest BCUT2D eigenvalue weighted by Crippen LogP contribution is -2.45. The van der Waals surface area contributed by atoms with Crippen LogP contribution in [-0.4, -0.2) is 37.2 Å². The molecule has 1 saturated heterocycles. The quantitative estimate of drug-likeness (QED) is 0.697. The van der Waals surface area contributed by atoms with Gasteiger partial charge in [0.15, 0.2) is 0 Å². The van der Waals surface area contributed by atoms with Crippen LogP contribution in [0.4, 0.5) is 0 Å². The van der Waals surface area contributed by atoms with E-state index in [0.29, 0.717) is 5.54 Å². The molecule has 1 heterocycles. The van der Waals surface area contributed by atoms with Crippen LogP contribution in [0, 0.1) is 0 Å². The van der Waals surface area contributed by atoms with Crippen molar-refractivity contribution < 1.29 is 4.74 Å². The molecule has 0 aromatic carbocycles. The molecule has 1 rings (SSSR count). The first kappa shape index (κ1) is 14.9. The van der Waals surface area contributed by atoms with Gasteiger partial charge >= 0.3 is 0 Å². The number of likely N-dealkylation sites (N-methyl/N-ethyl adjacent to an activating group) is 1. The first-order chi connectivity index (χ1) is 7.25. The van der Waals surface area contributed by atoms with Gasteiger partial charge < -0.3 is 4.74 Å². The SMILES string of the molecule is CC.CCCC1(COCC)CCCN1C. The Hall–Kier alpha value is -0.0800. The summed E-state index contributed by atoms with van der Waals surface area (Å²) in [5, 5.41) is 0. The monoisotopic (exact) mass is 215 g/mol. The van der Waals surface area contributed by atoms with Crippen LogP contribution >= 0.6 is 0 Å². The Morgan fingerprint density at radius 1 is 1.27 bits per heavy atom. The summed E-state index contributed by atoms with van der Waals surface area (Å²) < 4.78 is 5.60. The average Bonchev–Trinajstić information content (AvgIpc) is 2.62. The highest BCUT2D eigenvalue weighted by Gasteiger charge is 2.37. The van der Waals surface area contributed by atoms with Crippen molar-refractivity contribution >= 4 is 0 Å². The van der Waals surface area contributed by atoms with Gasteiger partial charge in [-0.1, -0.05) is 27.2 Å². The topological polar surface area (TPSA) is 12.5 Å². The lowest BCUT2D eigenvalue weighted by Gasteiger charge is -2.35. The Morgan fingerprint density at radius 2 is 1.93 bits per heavy atom. The van der Waals surface area contributed by atoms with Crippen molar-refractivity contribution in [3.05, 3.63) is 0 Å². The van der Waals surface area contributed by atoms with Gasteiger partial charge in [-0.3, -0.25) is 4.90 Å². The number of rotatable bonds is 5. The Balaban J connectivity index is 0.000000921. The van der Waals surface area contributed by atoms with Crippen molar-refractivity contribution in [2.24, 2.45) is 0 Å². The fourth-order valence-electron chi connectivity index (χ4n) is 2.40. The van der Waals surface area contributed by atoms with Crippen molar-refractivity contribution in [3.8, 4) is 0 Å². The molecule has 0 aromatic rings. The third-order valence-corrected chi connectivity index (χ3v) is 3.24. The van der Waals surface area contributed by atoms with Crippen molar-refractivity contribution in [2.75, 3.05) is 26.8 Å². The van der Waals surface area contributed by atoms with E-state index in [0.717, 1.165) is 13.2 Å². The Kier molecular flexibility index (Phi) is 8.07. The molecule has 1 atom stereocenters. The summed E-state index contributed by atoms with van der Waals surface area (Å²) in [5.74, 6) is 0. The zero-order chi connectivity index (χ0) is 11.7. The normalized spacial score (nSPS) is 26.2. The number of hydrogen-bond acceptors (Lipinski definition) is 2. The summed E-state index contributed by atoms with van der Waals surface area (Å²) in [4.78, 5) is 2.49. The van der Waals surface area contributed by atoms with Crippen LogP contribution in [0.15, 0.2) is 0 Å². The van der Waals surface area contributed by atoms with Crippen molar-refractivity contribution in [2.45, 2.75) is 58.9 Å². The molecule has 2 heteroatoms. The zero-order valence-electron chi connectivity index (χ0n) is 11.3. The van der Waals surface area contributed by atoms with Gasteiger partial charge in [-0.15, -0.1) is 0 Å². The van der Waals surface area contributed by atoms with Crippen LogP contribution < -0.4 is 0 Å². The first-order valence-corrected chi connectivity index (χ1v) is 6.54. The van der Waals surface area contributed by atoms with E-state index in [4.69, 9.17) is 4.74 Å². The molecule has 0 radical (unpaired) electrons. The highest BCUT2D eigenvalue weighted by molar-refractivity contribution is 4.93. The Morgan fingerprint density at radius 3 is 2.33 bits per heavy atom. The summed E-state index contributed by atoms with van der Waals surface area (Å²) in [7, 11) is 2.24. The first-order valence-electron chi connectivity index (χ1n) is 6.54. The van der Waals surface area contributed by atoms with Gasteiger partial charge in [0.2, 0.25) is 0 Å². The molecular formula is C13H29NO. The molecule has 2 nitrogen and oxygen atoms in total. The molecule has 0 bridgehead atoms. The second-order valence-electron chi connectivity index (χ2n) is 4.14. The molecule has 15 heavy (non-hydrogen) atoms. The number of nitrogens with zero attached hydrogens (tertiary/aromatic N) is 1. The second kappa shape index (κ2) is 8.12. The van der Waals surface area contributed by atoms with Crippen molar-refractivity contribution in [1.82, 2.24) is 4.90 Å². The van der Waals surface area contributed by atoms with Crippen LogP contribution in [0.5, 0.6) is 0 Å². The van der Waals surface area contributed by atoms with Gasteiger partial charge in [-0.2, -0.15) is 0 Å². The van der Waals surface area contributed by atoms with E-state index >= 15 is 0 Å². The predicted molar refractivity (Wildman–Crippen MR) is 67.3 cm³/mol. The van der Waals surface area contributed by atoms with Gasteiger partial charge in [-0.05, 0) is 39.8 Å². The van der Waals surface area contributed by atoms with E-state index in [2.05, 4.69) is 25.8 Å². The van der Waals surface area contributed by atoms with E-state index in [9.17, 15) is 0 Å². The fraction of sp³-hybridized carbons (Fsp3) is 1.00. The summed E-state index contributed by atoms with van der Waals surface area (Å²) in [5.41, 5.74) is 0.366. The Labute approximate surface area is 96.0 Å². The molecular weight excluding hydrogens is 186 g/mol. The minimum Gasteiger partial charge on any atom is -0.380 e. The molecule has 0 aliphatic carbocycles. The Bertz CT molecular complexity index is 149. The lowest BCUT2D eigenvalue weighted by atomic mass is 9.92. The average molecular weight is 215 g/mol. The van der Waals surface area contributed by atoms with Gasteiger partial charge in [0.1, 0.15) is 0 Å². The number of likely N-dealkylation sites (tertiary alicyclic amines) is 1. The van der Waals surface area contributed by atoms with Crippen LogP contribution in [0.3, 0.4) is 0 Å². The molecule has 1 fully saturated rings. The molecule has 0 amide bonds. The summed E-state index contributed by atoms with van der Waals surface area (Å²) in [6, 6.07) is 0. The molecule has 1 unspecified atom stereocenters. The van der Waals surface area contributed by atoms with Crippen LogP contribution in [0.2, 0.25) is 0 Å². The second-order valence-corrected chi connectivity index (χ2v) is 4.14. The van der Waals surface area contributed by atoms with E-state index in [1.54, 1.807) is 0 Å². The predicted octanol–water partition coefficient (Wildman–Crippen LogP) is 3.31. The minimum atomic E-state index is 0.366. The lowest BCUT2D eigenvalue weighted by molar-refractivity contribution is 0.0254. The molecule has 92 valence electrons. The molecule has 0 spiro atoms. The highest BCUT2D eigenvalue weighted by Crippen LogP contribution is 2.32. The number of ether oxygens (including phenoxy) is 1. The maximum Gasteiger partial charge on any atom is 0.0650 e.